The van der Waals surface area contributed by atoms with Crippen molar-refractivity contribution in [1.29, 1.82) is 0 Å². The Morgan fingerprint density at radius 1 is 1.17 bits per heavy atom. The number of nitrogens with zero attached hydrogens (tertiary/aromatic N) is 1. The third-order valence-corrected chi connectivity index (χ3v) is 6.11. The number of methoxy groups -OCH3 is 1. The number of ether oxygens (including phenoxy) is 1. The number of carbonyl (C=O) groups is 2. The molecule has 1 aromatic rings. The molecular formula is C23H35N3O3. The normalized spacial score (nSPS) is 20.0. The lowest BCUT2D eigenvalue weighted by atomic mass is 9.81. The van der Waals surface area contributed by atoms with E-state index in [0.717, 1.165) is 63.9 Å². The minimum absolute atomic E-state index is 0.0990. The van der Waals surface area contributed by atoms with Crippen molar-refractivity contribution in [3.05, 3.63) is 29.3 Å². The van der Waals surface area contributed by atoms with Gasteiger partial charge in [-0.2, -0.15) is 0 Å². The molecule has 0 radical (unpaired) electrons. The van der Waals surface area contributed by atoms with Gasteiger partial charge >= 0.3 is 0 Å². The van der Waals surface area contributed by atoms with Gasteiger partial charge < -0.3 is 15.4 Å². The summed E-state index contributed by atoms with van der Waals surface area (Å²) < 4.78 is 5.34. The van der Waals surface area contributed by atoms with Crippen LogP contribution in [-0.4, -0.2) is 56.0 Å². The first-order chi connectivity index (χ1) is 14.1. The molecule has 0 saturated carbocycles. The maximum atomic E-state index is 12.7. The van der Waals surface area contributed by atoms with Crippen LogP contribution in [0, 0.1) is 0 Å². The highest BCUT2D eigenvalue weighted by molar-refractivity contribution is 5.78. The second-order valence-corrected chi connectivity index (χ2v) is 8.33. The molecule has 3 rings (SSSR count). The number of piperidine rings is 1. The van der Waals surface area contributed by atoms with Gasteiger partial charge in [-0.3, -0.25) is 14.5 Å². The molecule has 29 heavy (non-hydrogen) atoms. The van der Waals surface area contributed by atoms with E-state index in [1.807, 2.05) is 6.07 Å². The van der Waals surface area contributed by atoms with E-state index >= 15 is 0 Å². The Balaban J connectivity index is 1.44. The SMILES string of the molecule is CCCNC(=O)CN1CCC(NC(=O)CC2CCCc3cc(OC)ccc32)CC1. The molecule has 1 unspecified atom stereocenters. The van der Waals surface area contributed by atoms with Gasteiger partial charge in [-0.05, 0) is 67.7 Å². The standard InChI is InChI=1S/C23H35N3O3/c1-3-11-24-23(28)16-26-12-9-19(10-13-26)25-22(27)15-18-6-4-5-17-14-20(29-2)7-8-21(17)18/h7-8,14,18-19H,3-6,9-13,15-16H2,1-2H3,(H,24,28)(H,25,27). The molecule has 0 bridgehead atoms. The van der Waals surface area contributed by atoms with Crippen LogP contribution < -0.4 is 15.4 Å². The van der Waals surface area contributed by atoms with E-state index in [1.165, 1.54) is 11.1 Å². The fraction of sp³-hybridized carbons (Fsp3) is 0.652. The second kappa shape index (κ2) is 10.6. The minimum Gasteiger partial charge on any atom is -0.497 e. The van der Waals surface area contributed by atoms with E-state index in [9.17, 15) is 9.59 Å². The van der Waals surface area contributed by atoms with E-state index < -0.39 is 0 Å². The number of fused-ring (bicyclic) bond motifs is 1. The molecule has 2 amide bonds. The molecule has 1 aromatic carbocycles. The lowest BCUT2D eigenvalue weighted by molar-refractivity contribution is -0.124. The molecule has 1 heterocycles. The number of nitrogens with one attached hydrogen (secondary N) is 2. The van der Waals surface area contributed by atoms with Gasteiger partial charge in [0.2, 0.25) is 11.8 Å². The van der Waals surface area contributed by atoms with Gasteiger partial charge in [0.25, 0.3) is 0 Å². The summed E-state index contributed by atoms with van der Waals surface area (Å²) in [6.07, 6.45) is 6.58. The van der Waals surface area contributed by atoms with Crippen molar-refractivity contribution in [2.45, 2.75) is 63.8 Å². The Labute approximate surface area is 174 Å². The van der Waals surface area contributed by atoms with E-state index in [0.29, 0.717) is 18.9 Å². The van der Waals surface area contributed by atoms with Crippen LogP contribution >= 0.6 is 0 Å². The highest BCUT2D eigenvalue weighted by Crippen LogP contribution is 2.35. The number of benzene rings is 1. The number of amides is 2. The van der Waals surface area contributed by atoms with Crippen LogP contribution in [0.3, 0.4) is 0 Å². The first kappa shape index (κ1) is 21.6. The largest absolute Gasteiger partial charge is 0.497 e. The van der Waals surface area contributed by atoms with Gasteiger partial charge in [-0.25, -0.2) is 0 Å². The van der Waals surface area contributed by atoms with Crippen LogP contribution in [0.2, 0.25) is 0 Å². The van der Waals surface area contributed by atoms with Gasteiger partial charge in [-0.1, -0.05) is 13.0 Å². The molecule has 6 nitrogen and oxygen atoms in total. The molecule has 1 saturated heterocycles. The quantitative estimate of drug-likeness (QED) is 0.703. The molecule has 0 aromatic heterocycles. The van der Waals surface area contributed by atoms with E-state index in [4.69, 9.17) is 4.74 Å². The summed E-state index contributed by atoms with van der Waals surface area (Å²) in [7, 11) is 1.69. The highest BCUT2D eigenvalue weighted by atomic mass is 16.5. The summed E-state index contributed by atoms with van der Waals surface area (Å²) in [6, 6.07) is 6.47. The van der Waals surface area contributed by atoms with Crippen LogP contribution in [-0.2, 0) is 16.0 Å². The molecule has 1 fully saturated rings. The van der Waals surface area contributed by atoms with Crippen molar-refractivity contribution in [3.8, 4) is 5.75 Å². The summed E-state index contributed by atoms with van der Waals surface area (Å²) in [6.45, 7) is 4.97. The molecule has 6 heteroatoms. The third-order valence-electron chi connectivity index (χ3n) is 6.11. The average molecular weight is 402 g/mol. The molecule has 1 aliphatic carbocycles. The third kappa shape index (κ3) is 6.20. The Morgan fingerprint density at radius 3 is 2.69 bits per heavy atom. The first-order valence-electron chi connectivity index (χ1n) is 11.0. The van der Waals surface area contributed by atoms with Crippen molar-refractivity contribution in [1.82, 2.24) is 15.5 Å². The molecule has 0 spiro atoms. The zero-order valence-electron chi connectivity index (χ0n) is 17.8. The van der Waals surface area contributed by atoms with Crippen LogP contribution in [0.5, 0.6) is 5.75 Å². The number of carbonyl (C=O) groups excluding carboxylic acids is 2. The summed E-state index contributed by atoms with van der Waals surface area (Å²) in [5.74, 6) is 1.44. The second-order valence-electron chi connectivity index (χ2n) is 8.33. The van der Waals surface area contributed by atoms with Crippen molar-refractivity contribution in [3.63, 3.8) is 0 Å². The molecule has 2 N–H and O–H groups in total. The van der Waals surface area contributed by atoms with Crippen molar-refractivity contribution in [2.24, 2.45) is 0 Å². The zero-order valence-corrected chi connectivity index (χ0v) is 17.8. The highest BCUT2D eigenvalue weighted by Gasteiger charge is 2.26. The van der Waals surface area contributed by atoms with Gasteiger partial charge in [0, 0.05) is 32.1 Å². The Bertz CT molecular complexity index is 699. The van der Waals surface area contributed by atoms with E-state index in [2.05, 4.69) is 34.6 Å². The van der Waals surface area contributed by atoms with Crippen molar-refractivity contribution < 1.29 is 14.3 Å². The number of aryl methyl sites for hydroxylation is 1. The van der Waals surface area contributed by atoms with E-state index in [-0.39, 0.29) is 17.9 Å². The van der Waals surface area contributed by atoms with Crippen LogP contribution in [0.1, 0.15) is 62.5 Å². The number of hydrogen-bond donors (Lipinski definition) is 2. The molecule has 1 atom stereocenters. The average Bonchev–Trinajstić information content (AvgIpc) is 2.73. The van der Waals surface area contributed by atoms with Gasteiger partial charge in [0.1, 0.15) is 5.75 Å². The monoisotopic (exact) mass is 401 g/mol. The fourth-order valence-corrected chi connectivity index (χ4v) is 4.50. The predicted molar refractivity (Wildman–Crippen MR) is 114 cm³/mol. The predicted octanol–water partition coefficient (Wildman–Crippen LogP) is 2.61. The minimum atomic E-state index is 0.0990. The van der Waals surface area contributed by atoms with Gasteiger partial charge in [0.15, 0.2) is 0 Å². The van der Waals surface area contributed by atoms with Crippen molar-refractivity contribution in [2.75, 3.05) is 33.3 Å². The maximum absolute atomic E-state index is 12.7. The molecule has 2 aliphatic rings. The Morgan fingerprint density at radius 2 is 1.97 bits per heavy atom. The first-order valence-corrected chi connectivity index (χ1v) is 11.0. The van der Waals surface area contributed by atoms with Gasteiger partial charge in [-0.15, -0.1) is 0 Å². The molecule has 1 aliphatic heterocycles. The topological polar surface area (TPSA) is 70.7 Å². The maximum Gasteiger partial charge on any atom is 0.234 e. The zero-order chi connectivity index (χ0) is 20.6. The van der Waals surface area contributed by atoms with Crippen LogP contribution in [0.4, 0.5) is 0 Å². The number of hydrogen-bond acceptors (Lipinski definition) is 4. The Hall–Kier alpha value is -2.08. The lowest BCUT2D eigenvalue weighted by Gasteiger charge is -2.32. The number of rotatable bonds is 8. The van der Waals surface area contributed by atoms with Crippen LogP contribution in [0.15, 0.2) is 18.2 Å². The lowest BCUT2D eigenvalue weighted by Crippen LogP contribution is -2.47. The summed E-state index contributed by atoms with van der Waals surface area (Å²) >= 11 is 0. The number of likely N-dealkylation sites (tertiary alicyclic amines) is 1. The van der Waals surface area contributed by atoms with Gasteiger partial charge in [0.05, 0.1) is 13.7 Å². The van der Waals surface area contributed by atoms with Crippen molar-refractivity contribution >= 4 is 11.8 Å². The molecular weight excluding hydrogens is 366 g/mol. The summed E-state index contributed by atoms with van der Waals surface area (Å²) in [4.78, 5) is 26.7. The summed E-state index contributed by atoms with van der Waals surface area (Å²) in [5, 5.41) is 6.16. The fourth-order valence-electron chi connectivity index (χ4n) is 4.50. The smallest absolute Gasteiger partial charge is 0.234 e. The summed E-state index contributed by atoms with van der Waals surface area (Å²) in [5.41, 5.74) is 2.63. The Kier molecular flexibility index (Phi) is 7.92. The molecule has 160 valence electrons. The van der Waals surface area contributed by atoms with E-state index in [1.54, 1.807) is 7.11 Å². The van der Waals surface area contributed by atoms with Crippen LogP contribution in [0.25, 0.3) is 0 Å².